The van der Waals surface area contributed by atoms with Crippen LogP contribution in [0.1, 0.15) is 40.0 Å². The minimum atomic E-state index is -2.90. The molecular weight excluding hydrogens is 230 g/mol. The molecule has 1 aliphatic rings. The van der Waals surface area contributed by atoms with Crippen molar-refractivity contribution in [2.45, 2.75) is 45.3 Å². The van der Waals surface area contributed by atoms with Crippen LogP contribution in [0.15, 0.2) is 0 Å². The quantitative estimate of drug-likeness (QED) is 0.737. The fourth-order valence-corrected chi connectivity index (χ4v) is 2.79. The highest BCUT2D eigenvalue weighted by Gasteiger charge is 2.48. The summed E-state index contributed by atoms with van der Waals surface area (Å²) in [6.07, 6.45) is 2.76. The molecule has 0 radical (unpaired) electrons. The topological polar surface area (TPSA) is 17.1 Å². The van der Waals surface area contributed by atoms with Gasteiger partial charge in [0.25, 0.3) is 0 Å². The molecule has 0 heterocycles. The molecule has 0 saturated heterocycles. The van der Waals surface area contributed by atoms with Crippen LogP contribution in [0.3, 0.4) is 0 Å². The Hall–Kier alpha value is -0.120. The summed E-state index contributed by atoms with van der Waals surface area (Å²) in [6.45, 7) is 6.17. The molecule has 0 aromatic heterocycles. The summed E-state index contributed by atoms with van der Waals surface area (Å²) < 4.78 is 27.2. The highest BCUT2D eigenvalue weighted by Crippen LogP contribution is 2.46. The summed E-state index contributed by atoms with van der Waals surface area (Å²) in [7, 11) is 0. The Balaban J connectivity index is 2.81. The molecule has 0 aromatic carbocycles. The minimum absolute atomic E-state index is 0.00738. The Bertz CT molecular complexity index is 271. The minimum Gasteiger partial charge on any atom is -0.299 e. The molecule has 0 bridgehead atoms. The number of carbonyl (C=O) groups excluding carboxylic acids is 1. The van der Waals surface area contributed by atoms with Crippen molar-refractivity contribution >= 4 is 17.5 Å². The van der Waals surface area contributed by atoms with Gasteiger partial charge in [0.05, 0.1) is 5.92 Å². The average molecular weight is 250 g/mol. The Labute approximate surface area is 100 Å². The zero-order chi connectivity index (χ0) is 12.6. The first-order chi connectivity index (χ1) is 7.18. The van der Waals surface area contributed by atoms with Crippen LogP contribution in [0.2, 0.25) is 0 Å². The predicted octanol–water partition coefficient (Wildman–Crippen LogP) is 3.97. The Morgan fingerprint density at radius 2 is 1.88 bits per heavy atom. The number of halogens is 2. The van der Waals surface area contributed by atoms with Gasteiger partial charge in [-0.3, -0.25) is 4.79 Å². The van der Waals surface area contributed by atoms with Crippen LogP contribution in [0.25, 0.3) is 0 Å². The second-order valence-corrected chi connectivity index (χ2v) is 6.57. The van der Waals surface area contributed by atoms with Crippen LogP contribution in [0, 0.1) is 17.3 Å². The van der Waals surface area contributed by atoms with E-state index in [1.807, 2.05) is 0 Å². The maximum Gasteiger partial charge on any atom is 0.303 e. The van der Waals surface area contributed by atoms with E-state index in [1.165, 1.54) is 6.26 Å². The molecular formula is C12H20F2OS. The Morgan fingerprint density at radius 3 is 2.31 bits per heavy atom. The zero-order valence-corrected chi connectivity index (χ0v) is 11.2. The lowest BCUT2D eigenvalue weighted by Gasteiger charge is -2.38. The van der Waals surface area contributed by atoms with Crippen LogP contribution >= 0.6 is 11.8 Å². The Kier molecular flexibility index (Phi) is 4.04. The number of hydrogen-bond acceptors (Lipinski definition) is 2. The van der Waals surface area contributed by atoms with Gasteiger partial charge in [-0.25, -0.2) is 0 Å². The van der Waals surface area contributed by atoms with Crippen molar-refractivity contribution < 1.29 is 13.6 Å². The molecule has 0 N–H and O–H groups in total. The summed E-state index contributed by atoms with van der Waals surface area (Å²) in [5.41, 5.74) is 0.00738. The largest absolute Gasteiger partial charge is 0.303 e. The second-order valence-electron chi connectivity index (χ2n) is 5.62. The standard InChI is InChI=1S/C12H20F2OS/c1-11(2,3)8-5-6-10(15)9(7-8)12(13,14)16-4/h8-9H,5-7H2,1-4H3. The maximum absolute atomic E-state index is 13.6. The molecule has 0 aliphatic heterocycles. The van der Waals surface area contributed by atoms with E-state index >= 15 is 0 Å². The highest BCUT2D eigenvalue weighted by molar-refractivity contribution is 7.99. The fourth-order valence-electron chi connectivity index (χ4n) is 2.28. The van der Waals surface area contributed by atoms with Crippen molar-refractivity contribution in [2.24, 2.45) is 17.3 Å². The summed E-state index contributed by atoms with van der Waals surface area (Å²) in [5.74, 6) is -1.13. The SMILES string of the molecule is CSC(F)(F)C1CC(C(C)(C)C)CCC1=O. The van der Waals surface area contributed by atoms with Gasteiger partial charge < -0.3 is 0 Å². The number of rotatable bonds is 2. The smallest absolute Gasteiger partial charge is 0.299 e. The third-order valence-electron chi connectivity index (χ3n) is 3.55. The van der Waals surface area contributed by atoms with Crippen molar-refractivity contribution in [3.63, 3.8) is 0 Å². The molecule has 0 amide bonds. The molecule has 1 nitrogen and oxygen atoms in total. The van der Waals surface area contributed by atoms with Gasteiger partial charge in [0.15, 0.2) is 0 Å². The molecule has 1 rings (SSSR count). The van der Waals surface area contributed by atoms with Crippen LogP contribution < -0.4 is 0 Å². The van der Waals surface area contributed by atoms with E-state index in [1.54, 1.807) is 0 Å². The molecule has 1 fully saturated rings. The number of thioether (sulfide) groups is 1. The lowest BCUT2D eigenvalue weighted by molar-refractivity contribution is -0.134. The van der Waals surface area contributed by atoms with Crippen molar-refractivity contribution in [2.75, 3.05) is 6.26 Å². The van der Waals surface area contributed by atoms with E-state index < -0.39 is 11.2 Å². The fraction of sp³-hybridized carbons (Fsp3) is 0.917. The van der Waals surface area contributed by atoms with E-state index in [0.29, 0.717) is 24.6 Å². The lowest BCUT2D eigenvalue weighted by Crippen LogP contribution is -2.40. The molecule has 2 unspecified atom stereocenters. The van der Waals surface area contributed by atoms with Crippen molar-refractivity contribution in [3.8, 4) is 0 Å². The first kappa shape index (κ1) is 13.9. The van der Waals surface area contributed by atoms with Crippen LogP contribution in [-0.2, 0) is 4.79 Å². The second kappa shape index (κ2) is 4.63. The third kappa shape index (κ3) is 2.96. The van der Waals surface area contributed by atoms with Crippen LogP contribution in [0.5, 0.6) is 0 Å². The molecule has 0 spiro atoms. The monoisotopic (exact) mass is 250 g/mol. The molecule has 0 aromatic rings. The first-order valence-corrected chi connectivity index (χ1v) is 6.86. The Morgan fingerprint density at radius 1 is 1.31 bits per heavy atom. The first-order valence-electron chi connectivity index (χ1n) is 5.64. The lowest BCUT2D eigenvalue weighted by atomic mass is 9.68. The number of Topliss-reactive ketones (excluding diaryl/α,β-unsaturated/α-hetero) is 1. The zero-order valence-electron chi connectivity index (χ0n) is 10.3. The van der Waals surface area contributed by atoms with Crippen molar-refractivity contribution in [1.29, 1.82) is 0 Å². The van der Waals surface area contributed by atoms with Crippen molar-refractivity contribution in [3.05, 3.63) is 0 Å². The number of alkyl halides is 2. The molecule has 2 atom stereocenters. The van der Waals surface area contributed by atoms with Gasteiger partial charge in [-0.1, -0.05) is 32.5 Å². The highest BCUT2D eigenvalue weighted by atomic mass is 32.2. The van der Waals surface area contributed by atoms with Gasteiger partial charge in [0.2, 0.25) is 0 Å². The van der Waals surface area contributed by atoms with Gasteiger partial charge in [-0.2, -0.15) is 8.78 Å². The molecule has 4 heteroatoms. The average Bonchev–Trinajstić information content (AvgIpc) is 2.16. The van der Waals surface area contributed by atoms with Gasteiger partial charge in [-0.15, -0.1) is 0 Å². The number of ketones is 1. The molecule has 16 heavy (non-hydrogen) atoms. The molecule has 94 valence electrons. The van der Waals surface area contributed by atoms with Crippen LogP contribution in [-0.4, -0.2) is 17.3 Å². The van der Waals surface area contributed by atoms with Gasteiger partial charge in [0.1, 0.15) is 5.78 Å². The van der Waals surface area contributed by atoms with E-state index in [4.69, 9.17) is 0 Å². The molecule has 1 saturated carbocycles. The number of hydrogen-bond donors (Lipinski definition) is 0. The van der Waals surface area contributed by atoms with Gasteiger partial charge >= 0.3 is 5.25 Å². The normalized spacial score (nSPS) is 28.2. The third-order valence-corrected chi connectivity index (χ3v) is 4.38. The van der Waals surface area contributed by atoms with Crippen molar-refractivity contribution in [1.82, 2.24) is 0 Å². The summed E-state index contributed by atoms with van der Waals surface area (Å²) in [5, 5.41) is -2.90. The number of carbonyl (C=O) groups is 1. The van der Waals surface area contributed by atoms with Crippen LogP contribution in [0.4, 0.5) is 8.78 Å². The summed E-state index contributed by atoms with van der Waals surface area (Å²) in [6, 6.07) is 0. The van der Waals surface area contributed by atoms with Gasteiger partial charge in [0, 0.05) is 6.42 Å². The van der Waals surface area contributed by atoms with E-state index in [-0.39, 0.29) is 17.1 Å². The van der Waals surface area contributed by atoms with Gasteiger partial charge in [-0.05, 0) is 30.4 Å². The van der Waals surface area contributed by atoms with E-state index in [0.717, 1.165) is 6.42 Å². The maximum atomic E-state index is 13.6. The predicted molar refractivity (Wildman–Crippen MR) is 63.8 cm³/mol. The summed E-state index contributed by atoms with van der Waals surface area (Å²) >= 11 is 0.496. The summed E-state index contributed by atoms with van der Waals surface area (Å²) in [4.78, 5) is 11.6. The van der Waals surface area contributed by atoms with E-state index in [2.05, 4.69) is 20.8 Å². The molecule has 1 aliphatic carbocycles. The van der Waals surface area contributed by atoms with E-state index in [9.17, 15) is 13.6 Å².